The highest BCUT2D eigenvalue weighted by Crippen LogP contribution is 2.43. The smallest absolute Gasteiger partial charge is 0.294 e. The molecule has 0 saturated carbocycles. The Balaban J connectivity index is 1.40. The number of anilines is 2. The average Bonchev–Trinajstić information content (AvgIpc) is 3.48. The first-order chi connectivity index (χ1) is 18.4. The number of benzene rings is 3. The molecule has 1 aromatic heterocycles. The van der Waals surface area contributed by atoms with Gasteiger partial charge in [0, 0.05) is 42.9 Å². The van der Waals surface area contributed by atoms with Crippen molar-refractivity contribution in [1.82, 2.24) is 4.90 Å². The number of carbonyl (C=O) groups is 2. The van der Waals surface area contributed by atoms with E-state index in [1.807, 2.05) is 73.7 Å². The first-order valence-electron chi connectivity index (χ1n) is 12.8. The number of aliphatic hydroxyl groups excluding tert-OH is 1. The normalized spacial score (nSPS) is 18.6. The van der Waals surface area contributed by atoms with E-state index in [2.05, 4.69) is 16.8 Å². The van der Waals surface area contributed by atoms with Crippen molar-refractivity contribution in [2.45, 2.75) is 13.0 Å². The molecule has 2 aliphatic rings. The number of fused-ring (bicyclic) bond motifs is 1. The third-order valence-electron chi connectivity index (χ3n) is 7.46. The number of furan rings is 1. The molecule has 0 radical (unpaired) electrons. The number of Topliss-reactive ketones (excluding diaryl/α,β-unsaturated/α-hetero) is 1. The van der Waals surface area contributed by atoms with Crippen LogP contribution in [0, 0.1) is 6.92 Å². The van der Waals surface area contributed by atoms with Gasteiger partial charge in [0.15, 0.2) is 11.5 Å². The Morgan fingerprint density at radius 1 is 0.895 bits per heavy atom. The molecule has 192 valence electrons. The number of ketones is 1. The zero-order valence-electron chi connectivity index (χ0n) is 21.4. The number of hydrogen-bond donors (Lipinski definition) is 1. The van der Waals surface area contributed by atoms with Gasteiger partial charge in [-0.05, 0) is 55.9 Å². The fourth-order valence-electron chi connectivity index (χ4n) is 5.37. The monoisotopic (exact) mass is 507 g/mol. The summed E-state index contributed by atoms with van der Waals surface area (Å²) in [4.78, 5) is 33.5. The summed E-state index contributed by atoms with van der Waals surface area (Å²) in [7, 11) is 2.12. The summed E-state index contributed by atoms with van der Waals surface area (Å²) in [5.74, 6) is -1.57. The summed E-state index contributed by atoms with van der Waals surface area (Å²) >= 11 is 0. The van der Waals surface area contributed by atoms with Crippen LogP contribution in [0.1, 0.15) is 27.7 Å². The van der Waals surface area contributed by atoms with Gasteiger partial charge in [-0.25, -0.2) is 0 Å². The topological polar surface area (TPSA) is 77.2 Å². The van der Waals surface area contributed by atoms with Gasteiger partial charge < -0.3 is 19.3 Å². The zero-order chi connectivity index (χ0) is 26.4. The summed E-state index contributed by atoms with van der Waals surface area (Å²) in [6.07, 6.45) is 0. The van der Waals surface area contributed by atoms with Crippen molar-refractivity contribution in [3.05, 3.63) is 107 Å². The molecule has 1 unspecified atom stereocenters. The van der Waals surface area contributed by atoms with Crippen LogP contribution in [-0.2, 0) is 4.79 Å². The van der Waals surface area contributed by atoms with Gasteiger partial charge in [0.25, 0.3) is 5.91 Å². The summed E-state index contributed by atoms with van der Waals surface area (Å²) in [6.45, 7) is 5.81. The van der Waals surface area contributed by atoms with Crippen molar-refractivity contribution >= 4 is 34.0 Å². The molecular weight excluding hydrogens is 478 g/mol. The van der Waals surface area contributed by atoms with Crippen LogP contribution in [-0.4, -0.2) is 54.9 Å². The van der Waals surface area contributed by atoms with Crippen LogP contribution in [0.15, 0.2) is 94.6 Å². The molecule has 7 heteroatoms. The predicted octanol–water partition coefficient (Wildman–Crippen LogP) is 5.28. The van der Waals surface area contributed by atoms with E-state index in [0.717, 1.165) is 48.4 Å². The van der Waals surface area contributed by atoms with Crippen LogP contribution >= 0.6 is 0 Å². The van der Waals surface area contributed by atoms with Gasteiger partial charge in [-0.15, -0.1) is 0 Å². The van der Waals surface area contributed by atoms with E-state index in [4.69, 9.17) is 4.42 Å². The lowest BCUT2D eigenvalue weighted by atomic mass is 9.94. The molecular formula is C31H29N3O4. The molecule has 1 saturated heterocycles. The van der Waals surface area contributed by atoms with Crippen LogP contribution in [0.3, 0.4) is 0 Å². The molecule has 1 amide bonds. The maximum absolute atomic E-state index is 13.8. The first-order valence-corrected chi connectivity index (χ1v) is 12.8. The molecule has 1 fully saturated rings. The lowest BCUT2D eigenvalue weighted by molar-refractivity contribution is -0.117. The van der Waals surface area contributed by atoms with Gasteiger partial charge in [-0.3, -0.25) is 14.5 Å². The number of aryl methyl sites for hydroxylation is 1. The van der Waals surface area contributed by atoms with Crippen molar-refractivity contribution in [1.29, 1.82) is 0 Å². The number of piperazine rings is 1. The molecule has 2 aliphatic heterocycles. The van der Waals surface area contributed by atoms with Crippen LogP contribution < -0.4 is 9.80 Å². The van der Waals surface area contributed by atoms with Gasteiger partial charge >= 0.3 is 0 Å². The van der Waals surface area contributed by atoms with Crippen LogP contribution in [0.2, 0.25) is 0 Å². The number of nitrogens with zero attached hydrogens (tertiary/aromatic N) is 3. The molecule has 0 bridgehead atoms. The largest absolute Gasteiger partial charge is 0.503 e. The summed E-state index contributed by atoms with van der Waals surface area (Å²) in [5, 5.41) is 11.9. The number of hydrogen-bond acceptors (Lipinski definition) is 6. The molecule has 0 aliphatic carbocycles. The van der Waals surface area contributed by atoms with E-state index < -0.39 is 23.5 Å². The second kappa shape index (κ2) is 9.50. The Hall–Kier alpha value is -4.36. The summed E-state index contributed by atoms with van der Waals surface area (Å²) in [5.41, 5.74) is 4.01. The summed E-state index contributed by atoms with van der Waals surface area (Å²) in [6, 6.07) is 23.6. The quantitative estimate of drug-likeness (QED) is 0.371. The molecule has 3 heterocycles. The number of likely N-dealkylation sites (N-methyl/N-ethyl adjacent to an activating group) is 1. The Morgan fingerprint density at radius 2 is 1.61 bits per heavy atom. The third-order valence-corrected chi connectivity index (χ3v) is 7.46. The molecule has 7 nitrogen and oxygen atoms in total. The highest BCUT2D eigenvalue weighted by molar-refractivity contribution is 6.20. The maximum atomic E-state index is 13.8. The number of aliphatic hydroxyl groups is 1. The van der Waals surface area contributed by atoms with E-state index in [-0.39, 0.29) is 11.3 Å². The van der Waals surface area contributed by atoms with Crippen molar-refractivity contribution in [3.8, 4) is 0 Å². The zero-order valence-corrected chi connectivity index (χ0v) is 21.4. The first kappa shape index (κ1) is 24.0. The Morgan fingerprint density at radius 3 is 2.32 bits per heavy atom. The second-order valence-corrected chi connectivity index (χ2v) is 10.0. The third kappa shape index (κ3) is 4.15. The SMILES string of the molecule is Cc1cccc(C2C(C(=O)c3cc4ccccc4o3)=C(O)C(=O)N2c2ccc(N3CCN(C)CC3)cc2)c1. The van der Waals surface area contributed by atoms with E-state index >= 15 is 0 Å². The Bertz CT molecular complexity index is 1530. The van der Waals surface area contributed by atoms with E-state index in [1.54, 1.807) is 12.1 Å². The second-order valence-electron chi connectivity index (χ2n) is 10.0. The minimum atomic E-state index is -0.794. The molecule has 3 aromatic carbocycles. The average molecular weight is 508 g/mol. The lowest BCUT2D eigenvalue weighted by Gasteiger charge is -2.34. The highest BCUT2D eigenvalue weighted by Gasteiger charge is 2.45. The van der Waals surface area contributed by atoms with Crippen LogP contribution in [0.4, 0.5) is 11.4 Å². The Kier molecular flexibility index (Phi) is 6.00. The predicted molar refractivity (Wildman–Crippen MR) is 148 cm³/mol. The van der Waals surface area contributed by atoms with Crippen LogP contribution in [0.5, 0.6) is 0 Å². The number of rotatable bonds is 5. The molecule has 4 aromatic rings. The van der Waals surface area contributed by atoms with E-state index in [9.17, 15) is 14.7 Å². The number of amides is 1. The van der Waals surface area contributed by atoms with Crippen molar-refractivity contribution < 1.29 is 19.1 Å². The molecule has 6 rings (SSSR count). The van der Waals surface area contributed by atoms with Gasteiger partial charge in [-0.1, -0.05) is 48.0 Å². The fraction of sp³-hybridized carbons (Fsp3) is 0.226. The lowest BCUT2D eigenvalue weighted by Crippen LogP contribution is -2.44. The minimum Gasteiger partial charge on any atom is -0.503 e. The van der Waals surface area contributed by atoms with Crippen molar-refractivity contribution in [3.63, 3.8) is 0 Å². The molecule has 1 N–H and O–H groups in total. The minimum absolute atomic E-state index is 0.0165. The van der Waals surface area contributed by atoms with E-state index in [0.29, 0.717) is 11.3 Å². The van der Waals surface area contributed by atoms with Crippen molar-refractivity contribution in [2.24, 2.45) is 0 Å². The van der Waals surface area contributed by atoms with Gasteiger partial charge in [0.1, 0.15) is 5.58 Å². The molecule has 1 atom stereocenters. The fourth-order valence-corrected chi connectivity index (χ4v) is 5.37. The van der Waals surface area contributed by atoms with Crippen molar-refractivity contribution in [2.75, 3.05) is 43.0 Å². The van der Waals surface area contributed by atoms with Crippen LogP contribution in [0.25, 0.3) is 11.0 Å². The standard InChI is InChI=1S/C31H29N3O4/c1-20-6-5-8-22(18-20)28-27(29(35)26-19-21-7-3-4-9-25(21)38-26)30(36)31(37)34(28)24-12-10-23(11-13-24)33-16-14-32(2)15-17-33/h3-13,18-19,28,36H,14-17H2,1-2H3. The maximum Gasteiger partial charge on any atom is 0.294 e. The number of para-hydroxylation sites is 1. The number of carbonyl (C=O) groups excluding carboxylic acids is 2. The molecule has 38 heavy (non-hydrogen) atoms. The molecule has 0 spiro atoms. The Labute approximate surface area is 221 Å². The van der Waals surface area contributed by atoms with E-state index in [1.165, 1.54) is 4.90 Å². The van der Waals surface area contributed by atoms with Gasteiger partial charge in [-0.2, -0.15) is 0 Å². The summed E-state index contributed by atoms with van der Waals surface area (Å²) < 4.78 is 5.83. The van der Waals surface area contributed by atoms with Gasteiger partial charge in [0.2, 0.25) is 5.78 Å². The van der Waals surface area contributed by atoms with Gasteiger partial charge in [0.05, 0.1) is 11.6 Å². The highest BCUT2D eigenvalue weighted by atomic mass is 16.3.